The van der Waals surface area contributed by atoms with Crippen LogP contribution in [0.3, 0.4) is 0 Å². The number of carbonyl (C=O) groups excluding carboxylic acids is 2. The minimum Gasteiger partial charge on any atom is -0.396 e. The molecule has 0 radical (unpaired) electrons. The monoisotopic (exact) mass is 298 g/mol. The fraction of sp³-hybridized carbons (Fsp3) is 0.571. The predicted molar refractivity (Wildman–Crippen MR) is 81.1 cm³/mol. The summed E-state index contributed by atoms with van der Waals surface area (Å²) in [4.78, 5) is 23.5. The summed E-state index contributed by atoms with van der Waals surface area (Å²) in [6, 6.07) is 3.39. The smallest absolute Gasteiger partial charge is 0.261 e. The van der Waals surface area contributed by atoms with Gasteiger partial charge in [-0.25, -0.2) is 0 Å². The highest BCUT2D eigenvalue weighted by Crippen LogP contribution is 2.25. The predicted octanol–water partition coefficient (Wildman–Crippen LogP) is 2.24. The van der Waals surface area contributed by atoms with E-state index >= 15 is 0 Å². The van der Waals surface area contributed by atoms with E-state index in [2.05, 4.69) is 10.6 Å². The molecule has 1 rings (SSSR count). The first-order chi connectivity index (χ1) is 9.46. The summed E-state index contributed by atoms with van der Waals surface area (Å²) in [5.41, 5.74) is -0.257. The van der Waals surface area contributed by atoms with Crippen molar-refractivity contribution in [2.24, 2.45) is 5.41 Å². The van der Waals surface area contributed by atoms with Gasteiger partial charge in [-0.05, 0) is 25.0 Å². The number of hydrogen-bond donors (Lipinski definition) is 3. The van der Waals surface area contributed by atoms with Crippen LogP contribution in [-0.4, -0.2) is 30.1 Å². The maximum absolute atomic E-state index is 12.0. The molecule has 20 heavy (non-hydrogen) atoms. The molecule has 1 aromatic rings. The van der Waals surface area contributed by atoms with Crippen molar-refractivity contribution in [2.45, 2.75) is 33.6 Å². The van der Waals surface area contributed by atoms with Gasteiger partial charge in [0, 0.05) is 18.9 Å². The van der Waals surface area contributed by atoms with Crippen LogP contribution < -0.4 is 10.6 Å². The lowest BCUT2D eigenvalue weighted by Crippen LogP contribution is -2.39. The molecule has 112 valence electrons. The highest BCUT2D eigenvalue weighted by molar-refractivity contribution is 7.18. The Balaban J connectivity index is 2.62. The standard InChI is InChI=1S/C14H22N2O3S/c1-4-14(5-2,9-17)8-15-13(19)11-6-7-12(20-11)16-10(3)18/h6-7,17H,4-5,8-9H2,1-3H3,(H,15,19)(H,16,18). The van der Waals surface area contributed by atoms with E-state index in [0.29, 0.717) is 16.4 Å². The number of carbonyl (C=O) groups is 2. The van der Waals surface area contributed by atoms with Crippen LogP contribution in [-0.2, 0) is 4.79 Å². The molecule has 0 aromatic carbocycles. The molecule has 0 bridgehead atoms. The Labute approximate surface area is 123 Å². The largest absolute Gasteiger partial charge is 0.396 e. The summed E-state index contributed by atoms with van der Waals surface area (Å²) in [6.45, 7) is 5.94. The number of anilines is 1. The summed E-state index contributed by atoms with van der Waals surface area (Å²) >= 11 is 1.24. The number of hydrogen-bond acceptors (Lipinski definition) is 4. The van der Waals surface area contributed by atoms with Crippen LogP contribution in [0.2, 0.25) is 0 Å². The Bertz CT molecular complexity index is 458. The van der Waals surface area contributed by atoms with Crippen LogP contribution in [0.4, 0.5) is 5.00 Å². The van der Waals surface area contributed by atoms with Crippen LogP contribution in [0.1, 0.15) is 43.3 Å². The second-order valence-electron chi connectivity index (χ2n) is 4.89. The summed E-state index contributed by atoms with van der Waals surface area (Å²) in [7, 11) is 0. The van der Waals surface area contributed by atoms with Crippen LogP contribution in [0.15, 0.2) is 12.1 Å². The summed E-state index contributed by atoms with van der Waals surface area (Å²) in [6.07, 6.45) is 1.61. The molecule has 0 aliphatic rings. The van der Waals surface area contributed by atoms with Crippen molar-refractivity contribution >= 4 is 28.2 Å². The van der Waals surface area contributed by atoms with Crippen LogP contribution in [0.25, 0.3) is 0 Å². The first-order valence-corrected chi connectivity index (χ1v) is 7.54. The molecule has 0 atom stereocenters. The quantitative estimate of drug-likeness (QED) is 0.722. The van der Waals surface area contributed by atoms with E-state index in [1.807, 2.05) is 13.8 Å². The molecule has 0 unspecified atom stereocenters. The Hall–Kier alpha value is -1.40. The van der Waals surface area contributed by atoms with Gasteiger partial charge in [-0.2, -0.15) is 0 Å². The highest BCUT2D eigenvalue weighted by atomic mass is 32.1. The molecule has 0 aliphatic carbocycles. The molecule has 3 N–H and O–H groups in total. The number of rotatable bonds is 7. The topological polar surface area (TPSA) is 78.4 Å². The third kappa shape index (κ3) is 4.31. The number of amides is 2. The van der Waals surface area contributed by atoms with Crippen molar-refractivity contribution in [3.63, 3.8) is 0 Å². The molecule has 1 aromatic heterocycles. The van der Waals surface area contributed by atoms with Gasteiger partial charge in [-0.3, -0.25) is 9.59 Å². The van der Waals surface area contributed by atoms with Crippen molar-refractivity contribution in [3.05, 3.63) is 17.0 Å². The van der Waals surface area contributed by atoms with E-state index in [4.69, 9.17) is 0 Å². The van der Waals surface area contributed by atoms with E-state index < -0.39 is 0 Å². The second kappa shape index (κ2) is 7.40. The van der Waals surface area contributed by atoms with E-state index in [-0.39, 0.29) is 23.8 Å². The fourth-order valence-corrected chi connectivity index (χ4v) is 2.70. The molecule has 0 spiro atoms. The Morgan fingerprint density at radius 3 is 2.45 bits per heavy atom. The SMILES string of the molecule is CCC(CC)(CO)CNC(=O)c1ccc(NC(C)=O)s1. The van der Waals surface area contributed by atoms with Gasteiger partial charge < -0.3 is 15.7 Å². The zero-order chi connectivity index (χ0) is 15.2. The summed E-state index contributed by atoms with van der Waals surface area (Å²) in [5, 5.41) is 15.6. The van der Waals surface area contributed by atoms with E-state index in [1.54, 1.807) is 12.1 Å². The maximum atomic E-state index is 12.0. The number of nitrogens with one attached hydrogen (secondary N) is 2. The van der Waals surface area contributed by atoms with Crippen molar-refractivity contribution < 1.29 is 14.7 Å². The number of aliphatic hydroxyl groups is 1. The van der Waals surface area contributed by atoms with E-state index in [0.717, 1.165) is 12.8 Å². The second-order valence-corrected chi connectivity index (χ2v) is 5.98. The van der Waals surface area contributed by atoms with E-state index in [1.165, 1.54) is 18.3 Å². The highest BCUT2D eigenvalue weighted by Gasteiger charge is 2.26. The lowest BCUT2D eigenvalue weighted by molar-refractivity contribution is -0.114. The third-order valence-corrected chi connectivity index (χ3v) is 4.59. The number of thiophene rings is 1. The summed E-state index contributed by atoms with van der Waals surface area (Å²) < 4.78 is 0. The average Bonchev–Trinajstić information content (AvgIpc) is 2.88. The molecule has 6 heteroatoms. The van der Waals surface area contributed by atoms with Crippen molar-refractivity contribution in [1.82, 2.24) is 5.32 Å². The van der Waals surface area contributed by atoms with Gasteiger partial charge in [0.2, 0.25) is 5.91 Å². The normalized spacial score (nSPS) is 11.2. The molecular weight excluding hydrogens is 276 g/mol. The van der Waals surface area contributed by atoms with Gasteiger partial charge >= 0.3 is 0 Å². The van der Waals surface area contributed by atoms with Gasteiger partial charge in [-0.15, -0.1) is 11.3 Å². The van der Waals surface area contributed by atoms with Crippen LogP contribution in [0, 0.1) is 5.41 Å². The maximum Gasteiger partial charge on any atom is 0.261 e. The van der Waals surface area contributed by atoms with Gasteiger partial charge in [0.25, 0.3) is 5.91 Å². The molecular formula is C14H22N2O3S. The Morgan fingerprint density at radius 1 is 1.30 bits per heavy atom. The molecule has 0 aliphatic heterocycles. The van der Waals surface area contributed by atoms with Crippen LogP contribution in [0.5, 0.6) is 0 Å². The Kier molecular flexibility index (Phi) is 6.16. The summed E-state index contributed by atoms with van der Waals surface area (Å²) in [5.74, 6) is -0.332. The molecule has 0 saturated carbocycles. The third-order valence-electron chi connectivity index (χ3n) is 3.59. The molecule has 1 heterocycles. The molecule has 5 nitrogen and oxygen atoms in total. The Morgan fingerprint density at radius 2 is 1.95 bits per heavy atom. The first kappa shape index (κ1) is 16.7. The van der Waals surface area contributed by atoms with Gasteiger partial charge in [0.15, 0.2) is 0 Å². The zero-order valence-electron chi connectivity index (χ0n) is 12.2. The van der Waals surface area contributed by atoms with Gasteiger partial charge in [0.05, 0.1) is 16.5 Å². The van der Waals surface area contributed by atoms with Gasteiger partial charge in [-0.1, -0.05) is 13.8 Å². The molecule has 0 saturated heterocycles. The molecule has 0 fully saturated rings. The average molecular weight is 298 g/mol. The minimum absolute atomic E-state index is 0.0574. The van der Waals surface area contributed by atoms with Crippen LogP contribution >= 0.6 is 11.3 Å². The first-order valence-electron chi connectivity index (χ1n) is 6.73. The zero-order valence-corrected chi connectivity index (χ0v) is 13.0. The lowest BCUT2D eigenvalue weighted by atomic mass is 9.83. The lowest BCUT2D eigenvalue weighted by Gasteiger charge is -2.29. The van der Waals surface area contributed by atoms with Gasteiger partial charge in [0.1, 0.15) is 0 Å². The minimum atomic E-state index is -0.257. The van der Waals surface area contributed by atoms with Crippen molar-refractivity contribution in [1.29, 1.82) is 0 Å². The van der Waals surface area contributed by atoms with Crippen molar-refractivity contribution in [3.8, 4) is 0 Å². The van der Waals surface area contributed by atoms with Crippen molar-refractivity contribution in [2.75, 3.05) is 18.5 Å². The molecule has 2 amide bonds. The number of aliphatic hydroxyl groups excluding tert-OH is 1. The fourth-order valence-electron chi connectivity index (χ4n) is 1.83. The van der Waals surface area contributed by atoms with E-state index in [9.17, 15) is 14.7 Å².